The second kappa shape index (κ2) is 17.0. The average Bonchev–Trinajstić information content (AvgIpc) is 3.81. The Kier molecular flexibility index (Phi) is 13.1. The maximum atomic E-state index is 14.0. The van der Waals surface area contributed by atoms with E-state index in [1.165, 1.54) is 0 Å². The van der Waals surface area contributed by atoms with Crippen LogP contribution in [0.2, 0.25) is 0 Å². The lowest BCUT2D eigenvalue weighted by Crippen LogP contribution is -2.44. The van der Waals surface area contributed by atoms with Gasteiger partial charge in [-0.15, -0.1) is 0 Å². The van der Waals surface area contributed by atoms with Crippen LogP contribution in [0.3, 0.4) is 0 Å². The molecule has 0 radical (unpaired) electrons. The lowest BCUT2D eigenvalue weighted by molar-refractivity contribution is -0.140. The predicted octanol–water partition coefficient (Wildman–Crippen LogP) is 5.40. The molecule has 2 atom stereocenters. The lowest BCUT2D eigenvalue weighted by atomic mass is 10.0. The molecule has 48 heavy (non-hydrogen) atoms. The molecule has 1 saturated carbocycles. The van der Waals surface area contributed by atoms with Gasteiger partial charge in [-0.05, 0) is 71.2 Å². The molecule has 2 aliphatic rings. The summed E-state index contributed by atoms with van der Waals surface area (Å²) >= 11 is 0. The molecule has 11 heteroatoms. The maximum Gasteiger partial charge on any atom is 0.410 e. The number of hydrogen-bond donors (Lipinski definition) is 0. The molecule has 1 saturated heterocycles. The summed E-state index contributed by atoms with van der Waals surface area (Å²) in [5, 5.41) is 0. The Morgan fingerprint density at radius 2 is 1.69 bits per heavy atom. The predicted molar refractivity (Wildman–Crippen MR) is 182 cm³/mol. The maximum absolute atomic E-state index is 14.0. The molecule has 3 amide bonds. The van der Waals surface area contributed by atoms with Crippen LogP contribution < -0.4 is 9.47 Å². The molecule has 4 rings (SSSR count). The van der Waals surface area contributed by atoms with Gasteiger partial charge in [-0.3, -0.25) is 9.59 Å². The normalized spacial score (nSPS) is 17.7. The zero-order valence-corrected chi connectivity index (χ0v) is 29.6. The van der Waals surface area contributed by atoms with E-state index in [2.05, 4.69) is 0 Å². The Morgan fingerprint density at radius 1 is 0.958 bits per heavy atom. The Labute approximate surface area is 285 Å². The summed E-state index contributed by atoms with van der Waals surface area (Å²) in [6.45, 7) is 11.7. The van der Waals surface area contributed by atoms with Crippen LogP contribution in [0.5, 0.6) is 11.5 Å². The number of ether oxygens (including phenoxy) is 5. The summed E-state index contributed by atoms with van der Waals surface area (Å²) in [4.78, 5) is 46.0. The summed E-state index contributed by atoms with van der Waals surface area (Å²) in [6, 6.07) is 15.2. The van der Waals surface area contributed by atoms with Crippen LogP contribution in [-0.4, -0.2) is 110 Å². The Morgan fingerprint density at radius 3 is 2.31 bits per heavy atom. The summed E-state index contributed by atoms with van der Waals surface area (Å²) in [7, 11) is 3.20. The highest BCUT2D eigenvalue weighted by atomic mass is 16.6. The molecule has 1 aliphatic heterocycles. The summed E-state index contributed by atoms with van der Waals surface area (Å²) in [5.41, 5.74) is 0.865. The Bertz CT molecular complexity index is 1360. The smallest absolute Gasteiger partial charge is 0.410 e. The minimum Gasteiger partial charge on any atom is -0.493 e. The lowest BCUT2D eigenvalue weighted by Gasteiger charge is -2.32. The zero-order valence-electron chi connectivity index (χ0n) is 29.6. The topological polar surface area (TPSA) is 107 Å². The van der Waals surface area contributed by atoms with Gasteiger partial charge < -0.3 is 38.4 Å². The fourth-order valence-electron chi connectivity index (χ4n) is 5.78. The standard InChI is InChI=1S/C37H53N3O8/c1-26(2)39(35(42)28-14-17-31(45-7)32(20-28)46-19-11-18-44-6)23-29-22-38(36(43)48-37(3,4)5)24-33(29)47-25-34(41)40(30-15-16-30)21-27-12-9-8-10-13-27/h8-10,12-14,17,20,26,29-30,33H,11,15-16,18-19,21-25H2,1-7H3/t29-,33+/m0/s1. The summed E-state index contributed by atoms with van der Waals surface area (Å²) in [5.74, 6) is 0.514. The highest BCUT2D eigenvalue weighted by Crippen LogP contribution is 2.31. The van der Waals surface area contributed by atoms with Gasteiger partial charge >= 0.3 is 6.09 Å². The first-order chi connectivity index (χ1) is 22.9. The monoisotopic (exact) mass is 667 g/mol. The third-order valence-corrected chi connectivity index (χ3v) is 8.43. The first-order valence-corrected chi connectivity index (χ1v) is 16.9. The number of methoxy groups -OCH3 is 2. The molecule has 0 bridgehead atoms. The van der Waals surface area contributed by atoms with Crippen LogP contribution in [0, 0.1) is 5.92 Å². The second-order valence-electron chi connectivity index (χ2n) is 13.8. The van der Waals surface area contributed by atoms with E-state index < -0.39 is 17.8 Å². The highest BCUT2D eigenvalue weighted by Gasteiger charge is 2.41. The molecular weight excluding hydrogens is 614 g/mol. The molecule has 0 spiro atoms. The van der Waals surface area contributed by atoms with E-state index in [9.17, 15) is 14.4 Å². The fraction of sp³-hybridized carbons (Fsp3) is 0.595. The largest absolute Gasteiger partial charge is 0.493 e. The van der Waals surface area contributed by atoms with E-state index in [0.717, 1.165) is 18.4 Å². The zero-order chi connectivity index (χ0) is 34.8. The summed E-state index contributed by atoms with van der Waals surface area (Å²) in [6.07, 6.45) is 1.74. The molecule has 2 fully saturated rings. The molecule has 2 aromatic rings. The number of amides is 3. The van der Waals surface area contributed by atoms with Gasteiger partial charge in [0.2, 0.25) is 5.91 Å². The number of nitrogens with zero attached hydrogens (tertiary/aromatic N) is 3. The van der Waals surface area contributed by atoms with Gasteiger partial charge in [0.05, 0.1) is 26.4 Å². The molecule has 0 unspecified atom stereocenters. The second-order valence-corrected chi connectivity index (χ2v) is 13.8. The minimum absolute atomic E-state index is 0.0797. The van der Waals surface area contributed by atoms with E-state index in [0.29, 0.717) is 56.3 Å². The van der Waals surface area contributed by atoms with Crippen molar-refractivity contribution in [3.63, 3.8) is 0 Å². The summed E-state index contributed by atoms with van der Waals surface area (Å²) < 4.78 is 28.5. The van der Waals surface area contributed by atoms with Crippen LogP contribution in [0.1, 0.15) is 69.8 Å². The molecule has 0 N–H and O–H groups in total. The van der Waals surface area contributed by atoms with E-state index in [4.69, 9.17) is 23.7 Å². The van der Waals surface area contributed by atoms with Crippen molar-refractivity contribution in [2.24, 2.45) is 5.92 Å². The van der Waals surface area contributed by atoms with Crippen LogP contribution in [-0.2, 0) is 25.5 Å². The van der Waals surface area contributed by atoms with E-state index in [1.54, 1.807) is 42.2 Å². The first-order valence-electron chi connectivity index (χ1n) is 16.9. The molecule has 1 aliphatic carbocycles. The molecule has 0 aromatic heterocycles. The van der Waals surface area contributed by atoms with Gasteiger partial charge in [-0.2, -0.15) is 0 Å². The van der Waals surface area contributed by atoms with Crippen molar-refractivity contribution < 1.29 is 38.1 Å². The van der Waals surface area contributed by atoms with Crippen molar-refractivity contribution in [1.82, 2.24) is 14.7 Å². The Balaban J connectivity index is 1.50. The number of carbonyl (C=O) groups is 3. The Hall–Kier alpha value is -3.83. The van der Waals surface area contributed by atoms with Gasteiger partial charge in [0, 0.05) is 63.3 Å². The third-order valence-electron chi connectivity index (χ3n) is 8.43. The highest BCUT2D eigenvalue weighted by molar-refractivity contribution is 5.95. The fourth-order valence-corrected chi connectivity index (χ4v) is 5.78. The molecule has 1 heterocycles. The van der Waals surface area contributed by atoms with Crippen LogP contribution in [0.4, 0.5) is 4.79 Å². The van der Waals surface area contributed by atoms with E-state index in [-0.39, 0.29) is 43.0 Å². The van der Waals surface area contributed by atoms with Crippen molar-refractivity contribution in [1.29, 1.82) is 0 Å². The van der Waals surface area contributed by atoms with Crippen LogP contribution in [0.25, 0.3) is 0 Å². The van der Waals surface area contributed by atoms with E-state index in [1.807, 2.05) is 69.9 Å². The average molecular weight is 668 g/mol. The van der Waals surface area contributed by atoms with Gasteiger partial charge in [-0.25, -0.2) is 4.79 Å². The van der Waals surface area contributed by atoms with Crippen LogP contribution in [0.15, 0.2) is 48.5 Å². The number of carbonyl (C=O) groups excluding carboxylic acids is 3. The number of likely N-dealkylation sites (tertiary alicyclic amines) is 1. The van der Waals surface area contributed by atoms with Crippen molar-refractivity contribution in [3.8, 4) is 11.5 Å². The molecule has 264 valence electrons. The molecular formula is C37H53N3O8. The van der Waals surface area contributed by atoms with Crippen molar-refractivity contribution >= 4 is 17.9 Å². The van der Waals surface area contributed by atoms with Crippen molar-refractivity contribution in [3.05, 3.63) is 59.7 Å². The number of rotatable bonds is 16. The minimum atomic E-state index is -0.665. The van der Waals surface area contributed by atoms with Crippen molar-refractivity contribution in [2.45, 2.75) is 84.2 Å². The quantitative estimate of drug-likeness (QED) is 0.219. The van der Waals surface area contributed by atoms with Gasteiger partial charge in [0.1, 0.15) is 12.2 Å². The number of benzene rings is 2. The van der Waals surface area contributed by atoms with Crippen molar-refractivity contribution in [2.75, 3.05) is 53.7 Å². The van der Waals surface area contributed by atoms with Gasteiger partial charge in [0.15, 0.2) is 11.5 Å². The van der Waals surface area contributed by atoms with Gasteiger partial charge in [0.25, 0.3) is 5.91 Å². The van der Waals surface area contributed by atoms with Crippen LogP contribution >= 0.6 is 0 Å². The number of hydrogen-bond acceptors (Lipinski definition) is 8. The van der Waals surface area contributed by atoms with E-state index >= 15 is 0 Å². The molecule has 11 nitrogen and oxygen atoms in total. The first kappa shape index (κ1) is 37.0. The SMILES string of the molecule is COCCCOc1cc(C(=O)N(C[C@@H]2CN(C(=O)OC(C)(C)C)C[C@H]2OCC(=O)N(Cc2ccccc2)C2CC2)C(C)C)ccc1OC. The molecule has 2 aromatic carbocycles. The van der Waals surface area contributed by atoms with Gasteiger partial charge in [-0.1, -0.05) is 30.3 Å². The third kappa shape index (κ3) is 10.6.